The molecule has 1 unspecified atom stereocenters. The van der Waals surface area contributed by atoms with Gasteiger partial charge in [-0.25, -0.2) is 4.79 Å². The highest BCUT2D eigenvalue weighted by molar-refractivity contribution is 6.20. The lowest BCUT2D eigenvalue weighted by Gasteiger charge is -2.18. The molecule has 0 bridgehead atoms. The van der Waals surface area contributed by atoms with Crippen molar-refractivity contribution in [2.24, 2.45) is 0 Å². The van der Waals surface area contributed by atoms with Gasteiger partial charge in [0.05, 0.1) is 11.1 Å². The lowest BCUT2D eigenvalue weighted by Crippen LogP contribution is -2.35. The molecule has 2 heterocycles. The van der Waals surface area contributed by atoms with Crippen LogP contribution in [0, 0.1) is 0 Å². The van der Waals surface area contributed by atoms with E-state index in [9.17, 15) is 14.4 Å². The highest BCUT2D eigenvalue weighted by Gasteiger charge is 2.39. The van der Waals surface area contributed by atoms with Crippen molar-refractivity contribution in [1.29, 1.82) is 0 Å². The second-order valence-corrected chi connectivity index (χ2v) is 4.77. The van der Waals surface area contributed by atoms with Gasteiger partial charge in [0.15, 0.2) is 6.04 Å². The Balaban J connectivity index is 1.81. The molecule has 22 heavy (non-hydrogen) atoms. The van der Waals surface area contributed by atoms with E-state index in [0.29, 0.717) is 11.5 Å². The zero-order valence-corrected chi connectivity index (χ0v) is 11.8. The Kier molecular flexibility index (Phi) is 3.46. The number of benzene rings is 1. The summed E-state index contributed by atoms with van der Waals surface area (Å²) < 4.78 is 1.43. The molecule has 0 saturated heterocycles. The summed E-state index contributed by atoms with van der Waals surface area (Å²) in [4.78, 5) is 41.6. The highest BCUT2D eigenvalue weighted by Crippen LogP contribution is 2.24. The predicted molar refractivity (Wildman–Crippen MR) is 74.6 cm³/mol. The summed E-state index contributed by atoms with van der Waals surface area (Å²) in [5, 5.41) is 4.50. The van der Waals surface area contributed by atoms with Crippen LogP contribution in [0.1, 0.15) is 40.1 Å². The SMILES string of the molecule is CCC(C(=O)ON1C(=O)c2ccccc2C1=O)n1cccn1. The zero-order valence-electron chi connectivity index (χ0n) is 11.8. The summed E-state index contributed by atoms with van der Waals surface area (Å²) in [5.41, 5.74) is 0.458. The van der Waals surface area contributed by atoms with Crippen LogP contribution in [0.15, 0.2) is 42.7 Å². The number of hydroxylamine groups is 2. The Labute approximate surface area is 126 Å². The van der Waals surface area contributed by atoms with E-state index < -0.39 is 23.8 Å². The third kappa shape index (κ3) is 2.16. The molecular weight excluding hydrogens is 286 g/mol. The van der Waals surface area contributed by atoms with Crippen LogP contribution in [0.5, 0.6) is 0 Å². The van der Waals surface area contributed by atoms with E-state index in [1.54, 1.807) is 31.3 Å². The number of fused-ring (bicyclic) bond motifs is 1. The molecule has 1 aromatic carbocycles. The summed E-state index contributed by atoms with van der Waals surface area (Å²) in [7, 11) is 0. The minimum absolute atomic E-state index is 0.229. The van der Waals surface area contributed by atoms with Gasteiger partial charge in [0, 0.05) is 12.4 Å². The number of carbonyl (C=O) groups excluding carboxylic acids is 3. The molecule has 0 aliphatic carbocycles. The molecule has 0 radical (unpaired) electrons. The number of hydrogen-bond donors (Lipinski definition) is 0. The van der Waals surface area contributed by atoms with Gasteiger partial charge in [0.1, 0.15) is 0 Å². The van der Waals surface area contributed by atoms with Crippen LogP contribution in [0.25, 0.3) is 0 Å². The molecule has 3 rings (SSSR count). The standard InChI is InChI=1S/C15H13N3O4/c1-2-12(17-9-5-8-16-17)15(21)22-18-13(19)10-6-3-4-7-11(10)14(18)20/h3-9,12H,2H2,1H3. The Morgan fingerprint density at radius 3 is 2.32 bits per heavy atom. The molecule has 1 atom stereocenters. The number of carbonyl (C=O) groups is 3. The van der Waals surface area contributed by atoms with Gasteiger partial charge in [-0.05, 0) is 24.6 Å². The van der Waals surface area contributed by atoms with Crippen LogP contribution >= 0.6 is 0 Å². The van der Waals surface area contributed by atoms with E-state index in [1.807, 2.05) is 0 Å². The van der Waals surface area contributed by atoms with Crippen molar-refractivity contribution in [2.75, 3.05) is 0 Å². The average Bonchev–Trinajstić information content (AvgIpc) is 3.12. The van der Waals surface area contributed by atoms with E-state index in [2.05, 4.69) is 5.10 Å². The van der Waals surface area contributed by atoms with Crippen LogP contribution in [0.4, 0.5) is 0 Å². The minimum Gasteiger partial charge on any atom is -0.327 e. The first-order valence-corrected chi connectivity index (χ1v) is 6.82. The highest BCUT2D eigenvalue weighted by atomic mass is 16.7. The van der Waals surface area contributed by atoms with Crippen molar-refractivity contribution in [2.45, 2.75) is 19.4 Å². The second-order valence-electron chi connectivity index (χ2n) is 4.77. The normalized spacial score (nSPS) is 14.9. The van der Waals surface area contributed by atoms with Crippen molar-refractivity contribution in [3.8, 4) is 0 Å². The topological polar surface area (TPSA) is 81.5 Å². The predicted octanol–water partition coefficient (Wildman–Crippen LogP) is 1.59. The molecule has 1 aliphatic heterocycles. The van der Waals surface area contributed by atoms with Gasteiger partial charge in [-0.2, -0.15) is 5.10 Å². The molecule has 0 saturated carbocycles. The van der Waals surface area contributed by atoms with Gasteiger partial charge in [-0.15, -0.1) is 0 Å². The van der Waals surface area contributed by atoms with Gasteiger partial charge >= 0.3 is 5.97 Å². The number of nitrogens with zero attached hydrogens (tertiary/aromatic N) is 3. The van der Waals surface area contributed by atoms with Crippen molar-refractivity contribution >= 4 is 17.8 Å². The fourth-order valence-corrected chi connectivity index (χ4v) is 2.33. The van der Waals surface area contributed by atoms with Crippen molar-refractivity contribution in [1.82, 2.24) is 14.8 Å². The molecule has 2 amide bonds. The van der Waals surface area contributed by atoms with Crippen LogP contribution < -0.4 is 0 Å². The fourth-order valence-electron chi connectivity index (χ4n) is 2.33. The van der Waals surface area contributed by atoms with Gasteiger partial charge in [0.25, 0.3) is 11.8 Å². The Morgan fingerprint density at radius 1 is 1.18 bits per heavy atom. The Bertz CT molecular complexity index is 704. The van der Waals surface area contributed by atoms with Crippen LogP contribution in [-0.2, 0) is 9.63 Å². The van der Waals surface area contributed by atoms with Crippen LogP contribution in [0.2, 0.25) is 0 Å². The summed E-state index contributed by atoms with van der Waals surface area (Å²) in [6.07, 6.45) is 3.58. The van der Waals surface area contributed by atoms with E-state index in [4.69, 9.17) is 4.84 Å². The van der Waals surface area contributed by atoms with Gasteiger partial charge in [-0.1, -0.05) is 24.1 Å². The number of rotatable bonds is 4. The van der Waals surface area contributed by atoms with Crippen molar-refractivity contribution < 1.29 is 19.2 Å². The number of aromatic nitrogens is 2. The summed E-state index contributed by atoms with van der Waals surface area (Å²) >= 11 is 0. The first-order valence-electron chi connectivity index (χ1n) is 6.82. The lowest BCUT2D eigenvalue weighted by molar-refractivity contribution is -0.173. The Morgan fingerprint density at radius 2 is 1.82 bits per heavy atom. The fraction of sp³-hybridized carbons (Fsp3) is 0.200. The third-order valence-corrected chi connectivity index (χ3v) is 3.44. The number of amides is 2. The first-order chi connectivity index (χ1) is 10.6. The monoisotopic (exact) mass is 299 g/mol. The maximum atomic E-state index is 12.2. The van der Waals surface area contributed by atoms with Crippen LogP contribution in [-0.4, -0.2) is 32.6 Å². The summed E-state index contributed by atoms with van der Waals surface area (Å²) in [6, 6.07) is 7.32. The van der Waals surface area contributed by atoms with E-state index in [0.717, 1.165) is 0 Å². The smallest absolute Gasteiger partial charge is 0.327 e. The Hall–Kier alpha value is -2.96. The molecule has 7 heteroatoms. The largest absolute Gasteiger partial charge is 0.357 e. The van der Waals surface area contributed by atoms with Gasteiger partial charge in [-0.3, -0.25) is 14.3 Å². The average molecular weight is 299 g/mol. The van der Waals surface area contributed by atoms with Crippen molar-refractivity contribution in [3.63, 3.8) is 0 Å². The maximum Gasteiger partial charge on any atom is 0.357 e. The molecule has 0 N–H and O–H groups in total. The molecule has 1 aliphatic rings. The molecular formula is C15H13N3O4. The maximum absolute atomic E-state index is 12.2. The lowest BCUT2D eigenvalue weighted by atomic mass is 10.1. The van der Waals surface area contributed by atoms with E-state index in [-0.39, 0.29) is 11.1 Å². The van der Waals surface area contributed by atoms with Crippen LogP contribution in [0.3, 0.4) is 0 Å². The minimum atomic E-state index is -0.708. The third-order valence-electron chi connectivity index (χ3n) is 3.44. The molecule has 7 nitrogen and oxygen atoms in total. The number of hydrogen-bond acceptors (Lipinski definition) is 5. The zero-order chi connectivity index (χ0) is 15.7. The first kappa shape index (κ1) is 14.0. The number of imide groups is 1. The molecule has 112 valence electrons. The second kappa shape index (κ2) is 5.44. The molecule has 1 aromatic heterocycles. The van der Waals surface area contributed by atoms with Gasteiger partial charge < -0.3 is 4.84 Å². The van der Waals surface area contributed by atoms with Gasteiger partial charge in [0.2, 0.25) is 0 Å². The molecule has 0 fully saturated rings. The quantitative estimate of drug-likeness (QED) is 0.801. The van der Waals surface area contributed by atoms with Crippen molar-refractivity contribution in [3.05, 3.63) is 53.9 Å². The molecule has 0 spiro atoms. The van der Waals surface area contributed by atoms with E-state index in [1.165, 1.54) is 23.0 Å². The molecule has 2 aromatic rings. The summed E-state index contributed by atoms with van der Waals surface area (Å²) in [5.74, 6) is -1.98. The van der Waals surface area contributed by atoms with E-state index >= 15 is 0 Å². The summed E-state index contributed by atoms with van der Waals surface area (Å²) in [6.45, 7) is 1.79.